The standard InChI is InChI=1S/C14H22NO3P/c1-4-12-15-14(13-10-8-7-9-11-13)19(16,17-5-2)18-6-3/h4,7-11,14-15H,1,5-6,12H2,2-3H3/p+1/t14-/m1/s1. The van der Waals surface area contributed by atoms with Gasteiger partial charge in [-0.15, -0.1) is 0 Å². The van der Waals surface area contributed by atoms with Crippen LogP contribution in [0.15, 0.2) is 43.0 Å². The van der Waals surface area contributed by atoms with Crippen molar-refractivity contribution in [3.05, 3.63) is 48.6 Å². The molecule has 4 nitrogen and oxygen atoms in total. The van der Waals surface area contributed by atoms with E-state index in [1.165, 1.54) is 0 Å². The highest BCUT2D eigenvalue weighted by molar-refractivity contribution is 7.53. The van der Waals surface area contributed by atoms with Gasteiger partial charge in [0.1, 0.15) is 0 Å². The lowest BCUT2D eigenvalue weighted by molar-refractivity contribution is -0.669. The summed E-state index contributed by atoms with van der Waals surface area (Å²) in [6.07, 6.45) is 1.78. The topological polar surface area (TPSA) is 52.1 Å². The van der Waals surface area contributed by atoms with Crippen LogP contribution >= 0.6 is 7.60 Å². The van der Waals surface area contributed by atoms with E-state index in [4.69, 9.17) is 9.05 Å². The molecule has 0 aliphatic rings. The molecule has 0 saturated carbocycles. The maximum atomic E-state index is 12.9. The summed E-state index contributed by atoms with van der Waals surface area (Å²) in [6, 6.07) is 9.66. The van der Waals surface area contributed by atoms with E-state index in [1.807, 2.05) is 49.5 Å². The van der Waals surface area contributed by atoms with Crippen molar-refractivity contribution in [2.75, 3.05) is 19.8 Å². The molecule has 1 atom stereocenters. The third kappa shape index (κ3) is 4.59. The van der Waals surface area contributed by atoms with Crippen LogP contribution in [-0.2, 0) is 13.6 Å². The lowest BCUT2D eigenvalue weighted by Crippen LogP contribution is -2.84. The van der Waals surface area contributed by atoms with Crippen LogP contribution in [0.25, 0.3) is 0 Å². The lowest BCUT2D eigenvalue weighted by atomic mass is 10.2. The van der Waals surface area contributed by atoms with Crippen LogP contribution in [0.3, 0.4) is 0 Å². The summed E-state index contributed by atoms with van der Waals surface area (Å²) in [6.45, 7) is 8.72. The first kappa shape index (κ1) is 16.1. The van der Waals surface area contributed by atoms with Gasteiger partial charge < -0.3 is 14.4 Å². The van der Waals surface area contributed by atoms with Crippen LogP contribution in [-0.4, -0.2) is 19.8 Å². The summed E-state index contributed by atoms with van der Waals surface area (Å²) in [7, 11) is -3.18. The largest absolute Gasteiger partial charge is 0.392 e. The first-order chi connectivity index (χ1) is 9.18. The fourth-order valence-corrected chi connectivity index (χ4v) is 3.91. The van der Waals surface area contributed by atoms with Gasteiger partial charge in [0, 0.05) is 5.56 Å². The monoisotopic (exact) mass is 284 g/mol. The quantitative estimate of drug-likeness (QED) is 0.560. The van der Waals surface area contributed by atoms with Crippen molar-refractivity contribution >= 4 is 7.60 Å². The molecule has 0 aliphatic carbocycles. The molecule has 19 heavy (non-hydrogen) atoms. The maximum Gasteiger partial charge on any atom is 0.392 e. The average molecular weight is 284 g/mol. The number of hydrogen-bond acceptors (Lipinski definition) is 3. The molecule has 0 aromatic heterocycles. The summed E-state index contributed by atoms with van der Waals surface area (Å²) in [4.78, 5) is 0. The molecule has 0 heterocycles. The predicted octanol–water partition coefficient (Wildman–Crippen LogP) is 2.70. The van der Waals surface area contributed by atoms with E-state index in [2.05, 4.69) is 6.58 Å². The van der Waals surface area contributed by atoms with E-state index in [1.54, 1.807) is 6.08 Å². The second-order valence-corrected chi connectivity index (χ2v) is 6.14. The molecule has 106 valence electrons. The van der Waals surface area contributed by atoms with Gasteiger partial charge in [-0.3, -0.25) is 4.57 Å². The van der Waals surface area contributed by atoms with Crippen molar-refractivity contribution in [1.82, 2.24) is 0 Å². The highest BCUT2D eigenvalue weighted by atomic mass is 31.2. The molecule has 1 aromatic rings. The van der Waals surface area contributed by atoms with Crippen molar-refractivity contribution in [2.24, 2.45) is 0 Å². The lowest BCUT2D eigenvalue weighted by Gasteiger charge is -2.24. The number of rotatable bonds is 9. The molecule has 0 bridgehead atoms. The second kappa shape index (κ2) is 8.28. The van der Waals surface area contributed by atoms with Crippen molar-refractivity contribution in [3.8, 4) is 0 Å². The van der Waals surface area contributed by atoms with E-state index in [9.17, 15) is 4.57 Å². The van der Waals surface area contributed by atoms with Crippen LogP contribution in [0.2, 0.25) is 0 Å². The number of benzene rings is 1. The van der Waals surface area contributed by atoms with E-state index in [0.29, 0.717) is 19.8 Å². The number of hydrogen-bond donors (Lipinski definition) is 1. The van der Waals surface area contributed by atoms with E-state index >= 15 is 0 Å². The third-order valence-electron chi connectivity index (χ3n) is 2.63. The molecule has 0 unspecified atom stereocenters. The zero-order valence-electron chi connectivity index (χ0n) is 11.6. The van der Waals surface area contributed by atoms with E-state index < -0.39 is 7.60 Å². The zero-order valence-corrected chi connectivity index (χ0v) is 12.5. The van der Waals surface area contributed by atoms with Crippen molar-refractivity contribution in [1.29, 1.82) is 0 Å². The minimum atomic E-state index is -3.18. The summed E-state index contributed by atoms with van der Waals surface area (Å²) in [5, 5.41) is 1.94. The molecule has 0 spiro atoms. The van der Waals surface area contributed by atoms with Gasteiger partial charge in [-0.25, -0.2) is 0 Å². The Bertz CT molecular complexity index is 412. The Morgan fingerprint density at radius 2 is 1.84 bits per heavy atom. The smallest absolute Gasteiger partial charge is 0.327 e. The van der Waals surface area contributed by atoms with Crippen LogP contribution < -0.4 is 5.32 Å². The molecule has 1 aromatic carbocycles. The summed E-state index contributed by atoms with van der Waals surface area (Å²) >= 11 is 0. The second-order valence-electron chi connectivity index (χ2n) is 3.99. The van der Waals surface area contributed by atoms with Crippen molar-refractivity contribution in [2.45, 2.75) is 19.6 Å². The van der Waals surface area contributed by atoms with Crippen LogP contribution in [0.5, 0.6) is 0 Å². The van der Waals surface area contributed by atoms with Gasteiger partial charge in [0.25, 0.3) is 0 Å². The highest BCUT2D eigenvalue weighted by Crippen LogP contribution is 2.57. The summed E-state index contributed by atoms with van der Waals surface area (Å²) in [5.41, 5.74) is 0.939. The molecule has 1 rings (SSSR count). The Labute approximate surface area is 115 Å². The highest BCUT2D eigenvalue weighted by Gasteiger charge is 2.39. The molecule has 5 heteroatoms. The van der Waals surface area contributed by atoms with Crippen LogP contribution in [0.4, 0.5) is 0 Å². The Kier molecular flexibility index (Phi) is 7.03. The number of nitrogens with two attached hydrogens (primary N) is 1. The van der Waals surface area contributed by atoms with Gasteiger partial charge in [0.15, 0.2) is 0 Å². The first-order valence-electron chi connectivity index (χ1n) is 6.55. The molecule has 0 fully saturated rings. The Balaban J connectivity index is 3.06. The predicted molar refractivity (Wildman–Crippen MR) is 77.0 cm³/mol. The Morgan fingerprint density at radius 1 is 1.26 bits per heavy atom. The third-order valence-corrected chi connectivity index (χ3v) is 5.05. The van der Waals surface area contributed by atoms with Crippen LogP contribution in [0.1, 0.15) is 25.2 Å². The fraction of sp³-hybridized carbons (Fsp3) is 0.429. The van der Waals surface area contributed by atoms with Gasteiger partial charge in [0.2, 0.25) is 5.78 Å². The normalized spacial score (nSPS) is 13.2. The van der Waals surface area contributed by atoms with Gasteiger partial charge in [0.05, 0.1) is 19.8 Å². The van der Waals surface area contributed by atoms with Gasteiger partial charge in [-0.2, -0.15) is 0 Å². The fourth-order valence-electron chi connectivity index (χ4n) is 1.88. The molecular formula is C14H23NO3P+. The Hall–Kier alpha value is -0.930. The molecule has 0 radical (unpaired) electrons. The molecule has 2 N–H and O–H groups in total. The SMILES string of the molecule is C=CC[NH2+][C@@H](c1ccccc1)P(=O)(OCC)OCC. The zero-order chi connectivity index (χ0) is 14.1. The van der Waals surface area contributed by atoms with Crippen molar-refractivity contribution < 1.29 is 18.9 Å². The minimum absolute atomic E-state index is 0.355. The molecule has 0 aliphatic heterocycles. The average Bonchev–Trinajstić information content (AvgIpc) is 2.41. The molecule has 0 amide bonds. The minimum Gasteiger partial charge on any atom is -0.327 e. The first-order valence-corrected chi connectivity index (χ1v) is 8.17. The molecule has 0 saturated heterocycles. The van der Waals surface area contributed by atoms with E-state index in [-0.39, 0.29) is 5.78 Å². The maximum absolute atomic E-state index is 12.9. The van der Waals surface area contributed by atoms with Gasteiger partial charge >= 0.3 is 7.60 Å². The molecular weight excluding hydrogens is 261 g/mol. The van der Waals surface area contributed by atoms with Crippen LogP contribution in [0, 0.1) is 0 Å². The number of quaternary nitrogens is 1. The van der Waals surface area contributed by atoms with Gasteiger partial charge in [-0.1, -0.05) is 36.9 Å². The summed E-state index contributed by atoms with van der Waals surface area (Å²) in [5.74, 6) is -0.355. The van der Waals surface area contributed by atoms with Crippen molar-refractivity contribution in [3.63, 3.8) is 0 Å². The summed E-state index contributed by atoms with van der Waals surface area (Å²) < 4.78 is 23.8. The van der Waals surface area contributed by atoms with Gasteiger partial charge in [-0.05, 0) is 19.9 Å². The van der Waals surface area contributed by atoms with E-state index in [0.717, 1.165) is 5.56 Å². The Morgan fingerprint density at radius 3 is 2.32 bits per heavy atom.